The molecule has 1 aromatic heterocycles. The van der Waals surface area contributed by atoms with E-state index in [0.29, 0.717) is 0 Å². The van der Waals surface area contributed by atoms with E-state index >= 15 is 0 Å². The quantitative estimate of drug-likeness (QED) is 0.551. The smallest absolute Gasteiger partial charge is 0.310 e. The van der Waals surface area contributed by atoms with E-state index in [1.807, 2.05) is 32.0 Å². The van der Waals surface area contributed by atoms with Crippen LogP contribution in [0.3, 0.4) is 0 Å². The fourth-order valence-corrected chi connectivity index (χ4v) is 4.43. The fourth-order valence-electron chi connectivity index (χ4n) is 3.35. The first-order chi connectivity index (χ1) is 11.8. The summed E-state index contributed by atoms with van der Waals surface area (Å²) in [5, 5.41) is 2.06. The van der Waals surface area contributed by atoms with Gasteiger partial charge in [0.15, 0.2) is 0 Å². The Morgan fingerprint density at radius 1 is 1.28 bits per heavy atom. The number of carbonyl (C=O) groups is 1. The number of ether oxygens (including phenoxy) is 1. The molecule has 132 valence electrons. The third-order valence-electron chi connectivity index (χ3n) is 5.07. The van der Waals surface area contributed by atoms with Crippen LogP contribution in [0.2, 0.25) is 0 Å². The zero-order valence-electron chi connectivity index (χ0n) is 14.4. The highest BCUT2D eigenvalue weighted by atomic mass is 35.5. The summed E-state index contributed by atoms with van der Waals surface area (Å²) in [6.07, 6.45) is 1.73. The summed E-state index contributed by atoms with van der Waals surface area (Å²) < 4.78 is 5.80. The van der Waals surface area contributed by atoms with Gasteiger partial charge in [-0.15, -0.1) is 11.3 Å². The number of thiophene rings is 1. The molecule has 1 fully saturated rings. The molecule has 2 nitrogen and oxygen atoms in total. The molecule has 1 aliphatic carbocycles. The molecule has 25 heavy (non-hydrogen) atoms. The lowest BCUT2D eigenvalue weighted by Crippen LogP contribution is -2.11. The van der Waals surface area contributed by atoms with Gasteiger partial charge in [-0.3, -0.25) is 4.79 Å². The van der Waals surface area contributed by atoms with Crippen molar-refractivity contribution >= 4 is 40.5 Å². The highest BCUT2D eigenvalue weighted by Gasteiger charge is 2.61. The van der Waals surface area contributed by atoms with Crippen molar-refractivity contribution in [2.75, 3.05) is 0 Å². The lowest BCUT2D eigenvalue weighted by Gasteiger charge is -2.11. The molecule has 1 saturated carbocycles. The minimum Gasteiger partial charge on any atom is -0.461 e. The molecular weight excluding hydrogens is 375 g/mol. The van der Waals surface area contributed by atoms with Gasteiger partial charge in [-0.1, -0.05) is 61.3 Å². The van der Waals surface area contributed by atoms with Crippen molar-refractivity contribution in [1.29, 1.82) is 0 Å². The van der Waals surface area contributed by atoms with Crippen molar-refractivity contribution in [2.45, 2.75) is 27.4 Å². The van der Waals surface area contributed by atoms with Crippen molar-refractivity contribution in [3.05, 3.63) is 57.4 Å². The number of halogens is 2. The predicted molar refractivity (Wildman–Crippen MR) is 105 cm³/mol. The topological polar surface area (TPSA) is 26.3 Å². The lowest BCUT2D eigenvalue weighted by molar-refractivity contribution is -0.147. The first-order valence-electron chi connectivity index (χ1n) is 8.14. The number of rotatable bonds is 5. The summed E-state index contributed by atoms with van der Waals surface area (Å²) in [7, 11) is 0. The Balaban J connectivity index is 1.70. The number of hydrogen-bond donors (Lipinski definition) is 0. The summed E-state index contributed by atoms with van der Waals surface area (Å²) in [5.41, 5.74) is 3.19. The van der Waals surface area contributed by atoms with E-state index in [4.69, 9.17) is 27.9 Å². The van der Waals surface area contributed by atoms with Crippen LogP contribution in [-0.4, -0.2) is 5.97 Å². The molecule has 0 saturated heterocycles. The number of benzene rings is 1. The normalized spacial score (nSPS) is 20.8. The Bertz CT molecular complexity index is 805. The summed E-state index contributed by atoms with van der Waals surface area (Å²) in [5.74, 6) is -0.355. The second-order valence-electron chi connectivity index (χ2n) is 6.96. The first kappa shape index (κ1) is 18.5. The van der Waals surface area contributed by atoms with Crippen LogP contribution in [0.5, 0.6) is 0 Å². The molecule has 0 N–H and O–H groups in total. The molecule has 0 unspecified atom stereocenters. The molecule has 2 aromatic rings. The van der Waals surface area contributed by atoms with E-state index in [1.165, 1.54) is 10.4 Å². The van der Waals surface area contributed by atoms with Crippen molar-refractivity contribution in [3.63, 3.8) is 0 Å². The number of esters is 1. The summed E-state index contributed by atoms with van der Waals surface area (Å²) in [6, 6.07) is 10.2. The van der Waals surface area contributed by atoms with Crippen LogP contribution < -0.4 is 0 Å². The maximum Gasteiger partial charge on any atom is 0.310 e. The summed E-state index contributed by atoms with van der Waals surface area (Å²) >= 11 is 13.2. The average molecular weight is 395 g/mol. The van der Waals surface area contributed by atoms with E-state index in [1.54, 1.807) is 17.4 Å². The van der Waals surface area contributed by atoms with Gasteiger partial charge >= 0.3 is 5.97 Å². The maximum absolute atomic E-state index is 12.5. The molecule has 5 heteroatoms. The van der Waals surface area contributed by atoms with Crippen LogP contribution in [0.1, 0.15) is 25.0 Å². The largest absolute Gasteiger partial charge is 0.461 e. The zero-order valence-corrected chi connectivity index (χ0v) is 16.7. The Kier molecular flexibility index (Phi) is 5.29. The second kappa shape index (κ2) is 7.14. The maximum atomic E-state index is 12.5. The summed E-state index contributed by atoms with van der Waals surface area (Å²) in [4.78, 5) is 13.7. The van der Waals surface area contributed by atoms with Crippen LogP contribution in [-0.2, 0) is 16.1 Å². The molecule has 0 bridgehead atoms. The number of allylic oxidation sites excluding steroid dienone is 1. The molecule has 0 radical (unpaired) electrons. The van der Waals surface area contributed by atoms with E-state index in [-0.39, 0.29) is 34.3 Å². The van der Waals surface area contributed by atoms with Gasteiger partial charge in [0, 0.05) is 4.88 Å². The SMILES string of the molecule is Cc1c(COC(=O)[C@H]2[C@@H](C=C(Cl)Cl)C2(C)C)cccc1-c1cccs1. The third-order valence-corrected chi connectivity index (χ3v) is 6.23. The van der Waals surface area contributed by atoms with Gasteiger partial charge in [-0.05, 0) is 52.5 Å². The van der Waals surface area contributed by atoms with E-state index in [0.717, 1.165) is 11.1 Å². The highest BCUT2D eigenvalue weighted by Crippen LogP contribution is 2.60. The van der Waals surface area contributed by atoms with E-state index in [9.17, 15) is 4.79 Å². The van der Waals surface area contributed by atoms with Gasteiger partial charge in [-0.25, -0.2) is 0 Å². The molecule has 0 aliphatic heterocycles. The minimum absolute atomic E-state index is 0.0311. The molecule has 0 spiro atoms. The van der Waals surface area contributed by atoms with Crippen LogP contribution in [0.25, 0.3) is 10.4 Å². The Morgan fingerprint density at radius 3 is 2.68 bits per heavy atom. The monoisotopic (exact) mass is 394 g/mol. The van der Waals surface area contributed by atoms with Gasteiger partial charge < -0.3 is 4.74 Å². The second-order valence-corrected chi connectivity index (χ2v) is 8.91. The van der Waals surface area contributed by atoms with Crippen LogP contribution >= 0.6 is 34.5 Å². The highest BCUT2D eigenvalue weighted by molar-refractivity contribution is 7.13. The van der Waals surface area contributed by atoms with Gasteiger partial charge in [-0.2, -0.15) is 0 Å². The number of hydrogen-bond acceptors (Lipinski definition) is 3. The van der Waals surface area contributed by atoms with E-state index in [2.05, 4.69) is 24.4 Å². The molecule has 0 amide bonds. The fraction of sp³-hybridized carbons (Fsp3) is 0.350. The van der Waals surface area contributed by atoms with Gasteiger partial charge in [0.1, 0.15) is 11.1 Å². The van der Waals surface area contributed by atoms with Crippen molar-refractivity contribution in [3.8, 4) is 10.4 Å². The van der Waals surface area contributed by atoms with Crippen molar-refractivity contribution < 1.29 is 9.53 Å². The molecule has 3 rings (SSSR count). The number of carbonyl (C=O) groups excluding carboxylic acids is 1. The Labute approximate surface area is 162 Å². The predicted octanol–water partition coefficient (Wildman–Crippen LogP) is 6.36. The van der Waals surface area contributed by atoms with Gasteiger partial charge in [0.25, 0.3) is 0 Å². The molecule has 1 aliphatic rings. The minimum atomic E-state index is -0.194. The van der Waals surface area contributed by atoms with Gasteiger partial charge in [0.2, 0.25) is 0 Å². The average Bonchev–Trinajstić information content (AvgIpc) is 2.93. The Hall–Kier alpha value is -1.29. The van der Waals surface area contributed by atoms with E-state index < -0.39 is 0 Å². The van der Waals surface area contributed by atoms with Crippen LogP contribution in [0.4, 0.5) is 0 Å². The van der Waals surface area contributed by atoms with Crippen LogP contribution in [0.15, 0.2) is 46.3 Å². The summed E-state index contributed by atoms with van der Waals surface area (Å²) in [6.45, 7) is 6.40. The zero-order chi connectivity index (χ0) is 18.2. The first-order valence-corrected chi connectivity index (χ1v) is 9.77. The van der Waals surface area contributed by atoms with Gasteiger partial charge in [0.05, 0.1) is 5.92 Å². The van der Waals surface area contributed by atoms with Crippen LogP contribution in [0, 0.1) is 24.2 Å². The van der Waals surface area contributed by atoms with Crippen molar-refractivity contribution in [2.24, 2.45) is 17.3 Å². The molecule has 1 heterocycles. The van der Waals surface area contributed by atoms with Crippen molar-refractivity contribution in [1.82, 2.24) is 0 Å². The molecular formula is C20H20Cl2O2S. The Morgan fingerprint density at radius 2 is 2.04 bits per heavy atom. The molecule has 1 aromatic carbocycles. The standard InChI is InChI=1S/C20H20Cl2O2S/c1-12-13(6-4-7-14(12)16-8-5-9-25-16)11-24-19(23)18-15(10-17(21)22)20(18,2)3/h4-10,15,18H,11H2,1-3H3/t15-,18-/m1/s1. The lowest BCUT2D eigenvalue weighted by atomic mass is 10.0. The third kappa shape index (κ3) is 3.79. The molecule has 2 atom stereocenters.